The van der Waals surface area contributed by atoms with Gasteiger partial charge in [-0.1, -0.05) is 91.9 Å². The molecule has 0 rings (SSSR count). The third-order valence-corrected chi connectivity index (χ3v) is 4.54. The van der Waals surface area contributed by atoms with Gasteiger partial charge in [-0.15, -0.1) is 0 Å². The van der Waals surface area contributed by atoms with Gasteiger partial charge in [0.15, 0.2) is 0 Å². The predicted octanol–water partition coefficient (Wildman–Crippen LogP) is 6.91. The summed E-state index contributed by atoms with van der Waals surface area (Å²) in [5.74, 6) is 1.74. The molecule has 0 aliphatic rings. The second kappa shape index (κ2) is 16.3. The Morgan fingerprint density at radius 2 is 1.35 bits per heavy atom. The molecule has 0 N–H and O–H groups in total. The van der Waals surface area contributed by atoms with Gasteiger partial charge in [0.2, 0.25) is 0 Å². The average molecular weight is 327 g/mol. The molecule has 0 aliphatic carbocycles. The first kappa shape index (κ1) is 22.5. The van der Waals surface area contributed by atoms with Gasteiger partial charge in [0.1, 0.15) is 0 Å². The van der Waals surface area contributed by atoms with Crippen LogP contribution in [-0.2, 0) is 9.53 Å². The molecule has 23 heavy (non-hydrogen) atoms. The van der Waals surface area contributed by atoms with Crippen LogP contribution in [0.3, 0.4) is 0 Å². The molecule has 0 aromatic rings. The lowest BCUT2D eigenvalue weighted by Crippen LogP contribution is -2.04. The fourth-order valence-electron chi connectivity index (χ4n) is 2.96. The van der Waals surface area contributed by atoms with Crippen LogP contribution in [0.2, 0.25) is 0 Å². The molecule has 2 heteroatoms. The van der Waals surface area contributed by atoms with Crippen molar-refractivity contribution in [1.82, 2.24) is 0 Å². The van der Waals surface area contributed by atoms with E-state index in [1.165, 1.54) is 64.2 Å². The molecule has 0 unspecified atom stereocenters. The zero-order chi connectivity index (χ0) is 17.3. The Hall–Kier alpha value is -0.530. The van der Waals surface area contributed by atoms with E-state index >= 15 is 0 Å². The zero-order valence-corrected chi connectivity index (χ0v) is 16.4. The van der Waals surface area contributed by atoms with E-state index in [0.717, 1.165) is 24.7 Å². The number of carbonyl (C=O) groups excluding carboxylic acids is 1. The fourth-order valence-corrected chi connectivity index (χ4v) is 2.96. The maximum absolute atomic E-state index is 11.2. The quantitative estimate of drug-likeness (QED) is 0.227. The minimum atomic E-state index is -0.0324. The van der Waals surface area contributed by atoms with Gasteiger partial charge in [-0.05, 0) is 24.7 Å². The highest BCUT2D eigenvalue weighted by Gasteiger charge is 2.03. The number of unbranched alkanes of at least 4 members (excludes halogenated alkanes) is 6. The van der Waals surface area contributed by atoms with Gasteiger partial charge in [-0.25, -0.2) is 0 Å². The number of hydrogen-bond acceptors (Lipinski definition) is 2. The Labute approximate surface area is 145 Å². The lowest BCUT2D eigenvalue weighted by molar-refractivity contribution is -0.143. The van der Waals surface area contributed by atoms with E-state index < -0.39 is 0 Å². The summed E-state index contributed by atoms with van der Waals surface area (Å²) < 4.78 is 5.16. The molecule has 0 amide bonds. The SMILES string of the molecule is CCCC(=O)OCCCCCCCCC[C@@H](C)CCCC(C)C. The van der Waals surface area contributed by atoms with E-state index in [1.807, 2.05) is 6.92 Å². The van der Waals surface area contributed by atoms with E-state index in [-0.39, 0.29) is 5.97 Å². The Balaban J connectivity index is 3.19. The van der Waals surface area contributed by atoms with Crippen molar-refractivity contribution >= 4 is 5.97 Å². The summed E-state index contributed by atoms with van der Waals surface area (Å²) in [5.41, 5.74) is 0. The first-order valence-corrected chi connectivity index (χ1v) is 10.2. The molecule has 1 atom stereocenters. The van der Waals surface area contributed by atoms with Crippen LogP contribution in [-0.4, -0.2) is 12.6 Å². The summed E-state index contributed by atoms with van der Waals surface area (Å²) in [5, 5.41) is 0. The maximum Gasteiger partial charge on any atom is 0.305 e. The minimum Gasteiger partial charge on any atom is -0.466 e. The first-order chi connectivity index (χ1) is 11.1. The molecule has 0 aromatic carbocycles. The Kier molecular flexibility index (Phi) is 16.0. The highest BCUT2D eigenvalue weighted by molar-refractivity contribution is 5.69. The van der Waals surface area contributed by atoms with Crippen molar-refractivity contribution < 1.29 is 9.53 Å². The van der Waals surface area contributed by atoms with Crippen LogP contribution in [0.15, 0.2) is 0 Å². The number of hydrogen-bond donors (Lipinski definition) is 0. The maximum atomic E-state index is 11.2. The molecule has 0 saturated carbocycles. The average Bonchev–Trinajstić information content (AvgIpc) is 2.49. The summed E-state index contributed by atoms with van der Waals surface area (Å²) in [6.07, 6.45) is 16.1. The van der Waals surface area contributed by atoms with E-state index in [1.54, 1.807) is 0 Å². The largest absolute Gasteiger partial charge is 0.466 e. The van der Waals surface area contributed by atoms with Crippen molar-refractivity contribution in [1.29, 1.82) is 0 Å². The topological polar surface area (TPSA) is 26.3 Å². The van der Waals surface area contributed by atoms with E-state index in [9.17, 15) is 4.79 Å². The molecular weight excluding hydrogens is 284 g/mol. The number of ether oxygens (including phenoxy) is 1. The zero-order valence-electron chi connectivity index (χ0n) is 16.4. The summed E-state index contributed by atoms with van der Waals surface area (Å²) in [4.78, 5) is 11.2. The van der Waals surface area contributed by atoms with Crippen LogP contribution in [0.4, 0.5) is 0 Å². The lowest BCUT2D eigenvalue weighted by atomic mass is 9.95. The van der Waals surface area contributed by atoms with Crippen molar-refractivity contribution in [2.24, 2.45) is 11.8 Å². The molecule has 0 spiro atoms. The highest BCUT2D eigenvalue weighted by Crippen LogP contribution is 2.18. The number of esters is 1. The third kappa shape index (κ3) is 17.7. The monoisotopic (exact) mass is 326 g/mol. The molecule has 0 heterocycles. The number of rotatable bonds is 16. The van der Waals surface area contributed by atoms with Crippen LogP contribution in [0.25, 0.3) is 0 Å². The molecule has 138 valence electrons. The van der Waals surface area contributed by atoms with E-state index in [2.05, 4.69) is 20.8 Å². The van der Waals surface area contributed by atoms with Crippen LogP contribution in [0, 0.1) is 11.8 Å². The highest BCUT2D eigenvalue weighted by atomic mass is 16.5. The van der Waals surface area contributed by atoms with Crippen LogP contribution in [0.5, 0.6) is 0 Å². The van der Waals surface area contributed by atoms with Crippen molar-refractivity contribution in [3.8, 4) is 0 Å². The minimum absolute atomic E-state index is 0.0324. The molecular formula is C21H42O2. The smallest absolute Gasteiger partial charge is 0.305 e. The molecule has 0 radical (unpaired) electrons. The Morgan fingerprint density at radius 3 is 1.96 bits per heavy atom. The molecule has 0 saturated heterocycles. The van der Waals surface area contributed by atoms with Gasteiger partial charge in [0.05, 0.1) is 6.61 Å². The summed E-state index contributed by atoms with van der Waals surface area (Å²) >= 11 is 0. The predicted molar refractivity (Wildman–Crippen MR) is 101 cm³/mol. The lowest BCUT2D eigenvalue weighted by Gasteiger charge is -2.12. The molecule has 0 fully saturated rings. The van der Waals surface area contributed by atoms with Gasteiger partial charge in [0, 0.05) is 6.42 Å². The van der Waals surface area contributed by atoms with Gasteiger partial charge in [-0.3, -0.25) is 4.79 Å². The van der Waals surface area contributed by atoms with Gasteiger partial charge in [0.25, 0.3) is 0 Å². The third-order valence-electron chi connectivity index (χ3n) is 4.54. The van der Waals surface area contributed by atoms with E-state index in [4.69, 9.17) is 4.74 Å². The summed E-state index contributed by atoms with van der Waals surface area (Å²) in [6.45, 7) is 9.68. The van der Waals surface area contributed by atoms with Crippen molar-refractivity contribution in [3.05, 3.63) is 0 Å². The normalized spacial score (nSPS) is 12.6. The van der Waals surface area contributed by atoms with Crippen LogP contribution < -0.4 is 0 Å². The second-order valence-electron chi connectivity index (χ2n) is 7.66. The van der Waals surface area contributed by atoms with Crippen molar-refractivity contribution in [3.63, 3.8) is 0 Å². The summed E-state index contributed by atoms with van der Waals surface area (Å²) in [6, 6.07) is 0. The number of carbonyl (C=O) groups is 1. The Morgan fingerprint density at radius 1 is 0.783 bits per heavy atom. The van der Waals surface area contributed by atoms with Crippen LogP contribution >= 0.6 is 0 Å². The first-order valence-electron chi connectivity index (χ1n) is 10.2. The molecule has 0 bridgehead atoms. The summed E-state index contributed by atoms with van der Waals surface area (Å²) in [7, 11) is 0. The molecule has 0 aliphatic heterocycles. The van der Waals surface area contributed by atoms with E-state index in [0.29, 0.717) is 13.0 Å². The molecule has 2 nitrogen and oxygen atoms in total. The second-order valence-corrected chi connectivity index (χ2v) is 7.66. The van der Waals surface area contributed by atoms with Gasteiger partial charge < -0.3 is 4.74 Å². The van der Waals surface area contributed by atoms with Gasteiger partial charge in [-0.2, -0.15) is 0 Å². The van der Waals surface area contributed by atoms with Crippen LogP contribution in [0.1, 0.15) is 111 Å². The van der Waals surface area contributed by atoms with Crippen molar-refractivity contribution in [2.45, 2.75) is 111 Å². The molecule has 0 aromatic heterocycles. The fraction of sp³-hybridized carbons (Fsp3) is 0.952. The van der Waals surface area contributed by atoms with Crippen molar-refractivity contribution in [2.75, 3.05) is 6.61 Å². The Bertz CT molecular complexity index is 261. The standard InChI is InChI=1S/C21H42O2/c1-5-14-21(22)23-18-12-10-8-6-7-9-11-16-20(4)17-13-15-19(2)3/h19-20H,5-18H2,1-4H3/t20-/m1/s1. The van der Waals surface area contributed by atoms with Gasteiger partial charge >= 0.3 is 5.97 Å².